The summed E-state index contributed by atoms with van der Waals surface area (Å²) < 4.78 is 2.09. The molecule has 0 bridgehead atoms. The molecule has 18 heavy (non-hydrogen) atoms. The number of hydrazine groups is 1. The SMILES string of the molecule is CC1CCCC(C)N1NCc1cn2ccsc2n1. The lowest BCUT2D eigenvalue weighted by Crippen LogP contribution is -2.51. The number of hydrogen-bond donors (Lipinski definition) is 1. The predicted molar refractivity (Wildman–Crippen MR) is 74.5 cm³/mol. The Labute approximate surface area is 112 Å². The first kappa shape index (κ1) is 12.1. The molecule has 0 radical (unpaired) electrons. The van der Waals surface area contributed by atoms with Crippen molar-refractivity contribution >= 4 is 16.3 Å². The summed E-state index contributed by atoms with van der Waals surface area (Å²) in [5.74, 6) is 0. The molecule has 3 rings (SSSR count). The molecular formula is C13H20N4S. The second-order valence-electron chi connectivity index (χ2n) is 5.20. The highest BCUT2D eigenvalue weighted by molar-refractivity contribution is 7.15. The number of nitrogens with zero attached hydrogens (tertiary/aromatic N) is 3. The van der Waals surface area contributed by atoms with E-state index in [1.165, 1.54) is 19.3 Å². The highest BCUT2D eigenvalue weighted by Crippen LogP contribution is 2.20. The Hall–Kier alpha value is -0.910. The molecule has 1 fully saturated rings. The maximum atomic E-state index is 4.60. The van der Waals surface area contributed by atoms with E-state index >= 15 is 0 Å². The fourth-order valence-corrected chi connectivity index (χ4v) is 3.49. The lowest BCUT2D eigenvalue weighted by Gasteiger charge is -2.38. The highest BCUT2D eigenvalue weighted by atomic mass is 32.1. The van der Waals surface area contributed by atoms with Gasteiger partial charge in [-0.05, 0) is 26.7 Å². The maximum Gasteiger partial charge on any atom is 0.193 e. The van der Waals surface area contributed by atoms with Crippen molar-refractivity contribution in [3.63, 3.8) is 0 Å². The van der Waals surface area contributed by atoms with Crippen LogP contribution in [0, 0.1) is 0 Å². The Morgan fingerprint density at radius 2 is 2.17 bits per heavy atom. The van der Waals surface area contributed by atoms with Gasteiger partial charge in [0, 0.05) is 29.9 Å². The molecule has 2 aromatic heterocycles. The van der Waals surface area contributed by atoms with E-state index < -0.39 is 0 Å². The first-order valence-corrected chi connectivity index (χ1v) is 7.55. The van der Waals surface area contributed by atoms with Gasteiger partial charge in [0.25, 0.3) is 0 Å². The van der Waals surface area contributed by atoms with Crippen LogP contribution in [0.5, 0.6) is 0 Å². The molecule has 0 amide bonds. The number of piperidine rings is 1. The highest BCUT2D eigenvalue weighted by Gasteiger charge is 2.24. The van der Waals surface area contributed by atoms with Gasteiger partial charge in [0.2, 0.25) is 0 Å². The molecule has 2 aromatic rings. The summed E-state index contributed by atoms with van der Waals surface area (Å²) in [6.45, 7) is 5.42. The van der Waals surface area contributed by atoms with Crippen molar-refractivity contribution in [2.24, 2.45) is 0 Å². The largest absolute Gasteiger partial charge is 0.297 e. The summed E-state index contributed by atoms with van der Waals surface area (Å²) >= 11 is 1.68. The van der Waals surface area contributed by atoms with Crippen LogP contribution in [0.3, 0.4) is 0 Å². The quantitative estimate of drug-likeness (QED) is 0.925. The Morgan fingerprint density at radius 3 is 2.89 bits per heavy atom. The van der Waals surface area contributed by atoms with Crippen molar-refractivity contribution < 1.29 is 0 Å². The van der Waals surface area contributed by atoms with E-state index in [0.29, 0.717) is 12.1 Å². The van der Waals surface area contributed by atoms with Crippen molar-refractivity contribution in [3.05, 3.63) is 23.5 Å². The van der Waals surface area contributed by atoms with E-state index in [1.807, 2.05) is 0 Å². The predicted octanol–water partition coefficient (Wildman–Crippen LogP) is 2.66. The summed E-state index contributed by atoms with van der Waals surface area (Å²) in [5, 5.41) is 4.46. The average molecular weight is 264 g/mol. The maximum absolute atomic E-state index is 4.60. The molecule has 2 unspecified atom stereocenters. The van der Waals surface area contributed by atoms with Gasteiger partial charge in [0.15, 0.2) is 4.96 Å². The van der Waals surface area contributed by atoms with Gasteiger partial charge >= 0.3 is 0 Å². The van der Waals surface area contributed by atoms with E-state index in [0.717, 1.165) is 17.2 Å². The number of imidazole rings is 1. The van der Waals surface area contributed by atoms with Crippen LogP contribution in [-0.2, 0) is 6.54 Å². The van der Waals surface area contributed by atoms with Crippen LogP contribution >= 0.6 is 11.3 Å². The van der Waals surface area contributed by atoms with Crippen LogP contribution in [0.25, 0.3) is 4.96 Å². The third-order valence-corrected chi connectivity index (χ3v) is 4.55. The third kappa shape index (κ3) is 2.30. The molecule has 0 aromatic carbocycles. The molecule has 2 atom stereocenters. The van der Waals surface area contributed by atoms with Crippen LogP contribution in [-0.4, -0.2) is 26.5 Å². The summed E-state index contributed by atoms with van der Waals surface area (Å²) in [5.41, 5.74) is 4.67. The van der Waals surface area contributed by atoms with Crippen molar-refractivity contribution in [1.29, 1.82) is 0 Å². The Kier molecular flexibility index (Phi) is 3.37. The van der Waals surface area contributed by atoms with E-state index in [9.17, 15) is 0 Å². The molecule has 98 valence electrons. The monoisotopic (exact) mass is 264 g/mol. The fraction of sp³-hybridized carbons (Fsp3) is 0.615. The van der Waals surface area contributed by atoms with E-state index in [1.54, 1.807) is 11.3 Å². The summed E-state index contributed by atoms with van der Waals surface area (Å²) in [7, 11) is 0. The molecule has 1 aliphatic rings. The zero-order valence-electron chi connectivity index (χ0n) is 11.0. The topological polar surface area (TPSA) is 32.6 Å². The Morgan fingerprint density at radius 1 is 1.39 bits per heavy atom. The van der Waals surface area contributed by atoms with Gasteiger partial charge in [0.1, 0.15) is 0 Å². The van der Waals surface area contributed by atoms with Gasteiger partial charge in [-0.2, -0.15) is 0 Å². The normalized spacial score (nSPS) is 25.9. The summed E-state index contributed by atoms with van der Waals surface area (Å²) in [6, 6.07) is 1.25. The molecule has 0 aliphatic carbocycles. The standard InChI is InChI=1S/C13H20N4S/c1-10-4-3-5-11(2)17(10)14-8-12-9-16-6-7-18-13(16)15-12/h6-7,9-11,14H,3-5,8H2,1-2H3. The van der Waals surface area contributed by atoms with Gasteiger partial charge in [-0.3, -0.25) is 4.40 Å². The Balaban J connectivity index is 1.64. The lowest BCUT2D eigenvalue weighted by molar-refractivity contribution is 0.0432. The van der Waals surface area contributed by atoms with E-state index in [-0.39, 0.29) is 0 Å². The fourth-order valence-electron chi connectivity index (χ4n) is 2.77. The van der Waals surface area contributed by atoms with E-state index in [4.69, 9.17) is 0 Å². The number of thiazole rings is 1. The van der Waals surface area contributed by atoms with Crippen molar-refractivity contribution in [1.82, 2.24) is 19.8 Å². The molecule has 5 heteroatoms. The molecule has 4 nitrogen and oxygen atoms in total. The number of fused-ring (bicyclic) bond motifs is 1. The average Bonchev–Trinajstić information content (AvgIpc) is 2.88. The Bertz CT molecular complexity index is 479. The lowest BCUT2D eigenvalue weighted by atomic mass is 10.00. The molecule has 3 heterocycles. The zero-order valence-corrected chi connectivity index (χ0v) is 11.8. The van der Waals surface area contributed by atoms with Gasteiger partial charge < -0.3 is 0 Å². The van der Waals surface area contributed by atoms with Gasteiger partial charge in [0.05, 0.1) is 12.2 Å². The van der Waals surface area contributed by atoms with Crippen molar-refractivity contribution in [2.45, 2.75) is 51.7 Å². The second kappa shape index (κ2) is 4.99. The molecular weight excluding hydrogens is 244 g/mol. The van der Waals surface area contributed by atoms with Crippen LogP contribution in [0.15, 0.2) is 17.8 Å². The first-order valence-electron chi connectivity index (χ1n) is 6.67. The second-order valence-corrected chi connectivity index (χ2v) is 6.07. The summed E-state index contributed by atoms with van der Waals surface area (Å²) in [6.07, 6.45) is 8.09. The van der Waals surface area contributed by atoms with Crippen molar-refractivity contribution in [3.8, 4) is 0 Å². The van der Waals surface area contributed by atoms with E-state index in [2.05, 4.69) is 51.4 Å². The minimum Gasteiger partial charge on any atom is -0.297 e. The van der Waals surface area contributed by atoms with Gasteiger partial charge in [-0.15, -0.1) is 11.3 Å². The number of rotatable bonds is 3. The van der Waals surface area contributed by atoms with Crippen LogP contribution in [0.4, 0.5) is 0 Å². The van der Waals surface area contributed by atoms with Gasteiger partial charge in [-0.1, -0.05) is 6.42 Å². The van der Waals surface area contributed by atoms with Gasteiger partial charge in [-0.25, -0.2) is 15.4 Å². The zero-order chi connectivity index (χ0) is 12.5. The van der Waals surface area contributed by atoms with Crippen LogP contribution < -0.4 is 5.43 Å². The molecule has 1 aliphatic heterocycles. The number of aromatic nitrogens is 2. The van der Waals surface area contributed by atoms with Crippen LogP contribution in [0.2, 0.25) is 0 Å². The minimum atomic E-state index is 0.623. The first-order chi connectivity index (χ1) is 8.74. The number of nitrogens with one attached hydrogen (secondary N) is 1. The molecule has 0 saturated carbocycles. The smallest absolute Gasteiger partial charge is 0.193 e. The number of hydrogen-bond acceptors (Lipinski definition) is 4. The summed E-state index contributed by atoms with van der Waals surface area (Å²) in [4.78, 5) is 5.68. The molecule has 1 N–H and O–H groups in total. The van der Waals surface area contributed by atoms with Crippen LogP contribution in [0.1, 0.15) is 38.8 Å². The third-order valence-electron chi connectivity index (χ3n) is 3.78. The molecule has 1 saturated heterocycles. The minimum absolute atomic E-state index is 0.623. The van der Waals surface area contributed by atoms with Crippen molar-refractivity contribution in [2.75, 3.05) is 0 Å². The molecule has 0 spiro atoms.